The first-order chi connectivity index (χ1) is 48.4. The Hall–Kier alpha value is -7.78. The molecule has 9 aromatic heterocycles. The fraction of sp³-hybridized carbons (Fsp3) is 0.371. The van der Waals surface area contributed by atoms with Crippen molar-refractivity contribution >= 4 is 182 Å². The molecule has 6 unspecified atom stereocenters. The van der Waals surface area contributed by atoms with Gasteiger partial charge in [0.2, 0.25) is 0 Å². The fourth-order valence-electron chi connectivity index (χ4n) is 12.7. The number of nitrogens with two attached hydrogens (primary N) is 1. The van der Waals surface area contributed by atoms with Crippen LogP contribution in [0.4, 0.5) is 77.5 Å². The molecule has 6 atom stereocenters. The molecule has 16 nitrogen and oxygen atoms in total. The van der Waals surface area contributed by atoms with Crippen LogP contribution in [-0.2, 0) is 9.47 Å². The number of aromatic nitrogens is 6. The smallest absolute Gasteiger partial charge is 0.410 e. The van der Waals surface area contributed by atoms with Crippen LogP contribution in [0.25, 0.3) is 61.3 Å². The molecule has 3 fully saturated rings. The summed E-state index contributed by atoms with van der Waals surface area (Å²) in [5, 5.41) is 10.5. The van der Waals surface area contributed by atoms with Gasteiger partial charge in [-0.05, 0) is 144 Å². The van der Waals surface area contributed by atoms with E-state index in [1.807, 2.05) is 67.5 Å². The molecule has 3 saturated heterocycles. The highest BCUT2D eigenvalue weighted by atomic mass is 35.5. The van der Waals surface area contributed by atoms with E-state index in [1.165, 1.54) is 80.1 Å². The lowest BCUT2D eigenvalue weighted by atomic mass is 9.89. The van der Waals surface area contributed by atoms with Crippen molar-refractivity contribution in [3.05, 3.63) is 144 Å². The first kappa shape index (κ1) is 74.0. The number of nitrogens with zero attached hydrogens (tertiary/aromatic N) is 8. The Labute approximate surface area is 608 Å². The minimum Gasteiger partial charge on any atom is -0.444 e. The van der Waals surface area contributed by atoms with Crippen LogP contribution < -0.4 is 21.7 Å². The lowest BCUT2D eigenvalue weighted by Gasteiger charge is -2.39. The van der Waals surface area contributed by atoms with Crippen LogP contribution in [0, 0.1) is 52.4 Å². The third kappa shape index (κ3) is 15.5. The molecule has 5 N–H and O–H groups in total. The van der Waals surface area contributed by atoms with Gasteiger partial charge in [0.05, 0.1) is 65.6 Å². The Balaban J connectivity index is 0.000000135. The van der Waals surface area contributed by atoms with Crippen molar-refractivity contribution in [1.29, 1.82) is 0 Å². The van der Waals surface area contributed by atoms with E-state index in [0.717, 1.165) is 106 Å². The van der Waals surface area contributed by atoms with Crippen LogP contribution >= 0.6 is 79.6 Å². The van der Waals surface area contributed by atoms with Crippen LogP contribution in [0.2, 0.25) is 5.02 Å². The number of likely N-dealkylation sites (tertiary alicyclic amines) is 2. The van der Waals surface area contributed by atoms with Crippen molar-refractivity contribution < 1.29 is 58.6 Å². The predicted octanol–water partition coefficient (Wildman–Crippen LogP) is 21.2. The zero-order chi connectivity index (χ0) is 73.0. The quantitative estimate of drug-likeness (QED) is 0.0868. The van der Waals surface area contributed by atoms with Crippen LogP contribution in [0.1, 0.15) is 133 Å². The van der Waals surface area contributed by atoms with Crippen molar-refractivity contribution in [3.8, 4) is 0 Å². The topological polar surface area (TPSA) is 199 Å². The number of hydrogen-bond acceptors (Lipinski definition) is 20. The van der Waals surface area contributed by atoms with Gasteiger partial charge in [-0.25, -0.2) is 79.0 Å². The number of piperidine rings is 3. The standard InChI is InChI=1S/C25H25F3N4O2S2.C20H17F3N4S2.C18H22ClFN2O2S.C7H4F2N2S/c1-12-13(6-5-7-32(12)24(33)34-25(2,3)4)17-8-14-20(16(27)10-29-23(14)36-17)31-21-15(26)9-18-22(19(21)28)30-11-35-18;1-9-10(3-2-4-24-9)14-5-11-17(13(22)7-25-20(11)29-14)27-18-12(21)6-15-19(16(18)23)26-8-28-15;1-10-11(6-5-7-22(10)17(23)24-18(2,3)4)14-8-12-15(19)13(20)9-21-16(12)25-14;8-3-1-4-7(11-2-12-4)5(9)6(3)10/h8-13H,5-7H2,1-4H3,(H,29,31);5-10,24H,2-4H2,1H3,(H,25,27);8-11H,5-7H2,1-4H3;1-2H,10H2. The van der Waals surface area contributed by atoms with Crippen molar-refractivity contribution in [1.82, 2.24) is 45.0 Å². The number of thiazole rings is 3. The van der Waals surface area contributed by atoms with Crippen molar-refractivity contribution in [3.63, 3.8) is 0 Å². The number of pyridine rings is 3. The second-order valence-corrected chi connectivity index (χ2v) is 33.1. The number of fused-ring (bicyclic) bond motifs is 6. The maximum absolute atomic E-state index is 15.0. The summed E-state index contributed by atoms with van der Waals surface area (Å²) in [5.74, 6) is -6.26. The minimum absolute atomic E-state index is 0.000264. The highest BCUT2D eigenvalue weighted by Crippen LogP contribution is 2.46. The molecule has 3 aromatic carbocycles. The Morgan fingerprint density at radius 1 is 0.510 bits per heavy atom. The van der Waals surface area contributed by atoms with Crippen LogP contribution in [0.15, 0.2) is 71.5 Å². The highest BCUT2D eigenvalue weighted by Gasteiger charge is 2.38. The zero-order valence-electron chi connectivity index (χ0n) is 56.3. The monoisotopic (exact) mass is 1540 g/mol. The summed E-state index contributed by atoms with van der Waals surface area (Å²) in [6.07, 6.45) is 8.24. The number of amides is 2. The van der Waals surface area contributed by atoms with E-state index in [4.69, 9.17) is 26.8 Å². The van der Waals surface area contributed by atoms with Crippen LogP contribution in [0.3, 0.4) is 0 Å². The molecular weight excluding hydrogens is 1470 g/mol. The van der Waals surface area contributed by atoms with E-state index in [0.29, 0.717) is 65.0 Å². The molecule has 12 heterocycles. The second kappa shape index (κ2) is 30.1. The number of benzene rings is 3. The van der Waals surface area contributed by atoms with Gasteiger partial charge >= 0.3 is 12.2 Å². The van der Waals surface area contributed by atoms with Gasteiger partial charge in [-0.2, -0.15) is 0 Å². The average molecular weight is 1540 g/mol. The van der Waals surface area contributed by atoms with Gasteiger partial charge < -0.3 is 41.0 Å². The first-order valence-electron chi connectivity index (χ1n) is 32.5. The number of ether oxygens (including phenoxy) is 2. The molecule has 0 radical (unpaired) electrons. The van der Waals surface area contributed by atoms with Crippen molar-refractivity contribution in [2.45, 2.75) is 148 Å². The fourth-order valence-corrected chi connectivity index (χ4v) is 18.7. The summed E-state index contributed by atoms with van der Waals surface area (Å²) in [7, 11) is 0. The first-order valence-corrected chi connectivity index (χ1v) is 37.9. The van der Waals surface area contributed by atoms with E-state index in [2.05, 4.69) is 52.8 Å². The summed E-state index contributed by atoms with van der Waals surface area (Å²) in [6.45, 7) is 19.5. The molecule has 102 heavy (non-hydrogen) atoms. The number of carbonyl (C=O) groups is 2. The summed E-state index contributed by atoms with van der Waals surface area (Å²) >= 11 is 13.9. The number of halogens is 10. The Morgan fingerprint density at radius 2 is 0.892 bits per heavy atom. The summed E-state index contributed by atoms with van der Waals surface area (Å²) in [5.41, 5.74) is 7.21. The van der Waals surface area contributed by atoms with Crippen LogP contribution in [-0.4, -0.2) is 101 Å². The highest BCUT2D eigenvalue weighted by molar-refractivity contribution is 7.20. The SMILES string of the molecule is CC1C(c2cc3c(Cl)c(F)cnc3s2)CCCN1C(=O)OC(C)(C)C.CC1C(c2cc3c(Nc4c(F)cc5scnc5c4F)c(F)cnc3s2)CCCN1C(=O)OC(C)(C)C.CC1NCCCC1c1cc2c(Nc3c(F)cc4scnc4c3F)c(F)cnc2s1.Nc1c(F)cc2scnc2c1F. The molecule has 0 spiro atoms. The lowest BCUT2D eigenvalue weighted by Crippen LogP contribution is -2.47. The third-order valence-corrected chi connectivity index (χ3v) is 24.0. The Morgan fingerprint density at radius 3 is 1.32 bits per heavy atom. The molecule has 0 aliphatic carbocycles. The van der Waals surface area contributed by atoms with E-state index in [1.54, 1.807) is 15.9 Å². The number of thiophene rings is 3. The van der Waals surface area contributed by atoms with Crippen molar-refractivity contribution in [2.24, 2.45) is 0 Å². The number of nitrogen functional groups attached to an aromatic ring is 1. The van der Waals surface area contributed by atoms with Gasteiger partial charge in [0.25, 0.3) is 0 Å². The number of hydrogen-bond donors (Lipinski definition) is 4. The number of carbonyl (C=O) groups excluding carboxylic acids is 2. The predicted molar refractivity (Wildman–Crippen MR) is 392 cm³/mol. The second-order valence-electron chi connectivity index (χ2n) is 26.8. The molecule has 3 aliphatic heterocycles. The maximum Gasteiger partial charge on any atom is 0.410 e. The largest absolute Gasteiger partial charge is 0.444 e. The average Bonchev–Trinajstić information content (AvgIpc) is 1.61. The number of rotatable bonds is 7. The van der Waals surface area contributed by atoms with E-state index in [-0.39, 0.29) is 69.1 Å². The molecule has 538 valence electrons. The molecule has 0 saturated carbocycles. The van der Waals surface area contributed by atoms with Gasteiger partial charge in [0.1, 0.15) is 59.3 Å². The summed E-state index contributed by atoms with van der Waals surface area (Å²) in [4.78, 5) is 57.9. The minimum atomic E-state index is -0.875. The van der Waals surface area contributed by atoms with Gasteiger partial charge in [-0.1, -0.05) is 11.6 Å². The van der Waals surface area contributed by atoms with E-state index in [9.17, 15) is 44.7 Å². The maximum atomic E-state index is 15.0. The molecule has 12 aromatic rings. The summed E-state index contributed by atoms with van der Waals surface area (Å²) < 4.78 is 141. The third-order valence-electron chi connectivity index (χ3n) is 17.7. The Bertz CT molecular complexity index is 5130. The Kier molecular flexibility index (Phi) is 21.8. The van der Waals surface area contributed by atoms with Crippen molar-refractivity contribution in [2.75, 3.05) is 36.0 Å². The number of nitrogens with one attached hydrogen (secondary N) is 3. The van der Waals surface area contributed by atoms with Gasteiger partial charge in [0, 0.05) is 79.8 Å². The van der Waals surface area contributed by atoms with E-state index >= 15 is 4.39 Å². The number of anilines is 5. The van der Waals surface area contributed by atoms with Gasteiger partial charge in [-0.3, -0.25) is 0 Å². The van der Waals surface area contributed by atoms with Crippen LogP contribution in [0.5, 0.6) is 0 Å². The molecule has 0 bridgehead atoms. The molecule has 32 heteroatoms. The molecular formula is C70H68ClF9N12O4S6. The lowest BCUT2D eigenvalue weighted by molar-refractivity contribution is 0.00808. The zero-order valence-corrected chi connectivity index (χ0v) is 61.9. The summed E-state index contributed by atoms with van der Waals surface area (Å²) in [6, 6.07) is 9.35. The van der Waals surface area contributed by atoms with Gasteiger partial charge in [0.15, 0.2) is 52.4 Å². The molecule has 3 aliphatic rings. The molecule has 2 amide bonds. The normalized spacial score (nSPS) is 18.8. The van der Waals surface area contributed by atoms with E-state index < -0.39 is 80.6 Å². The van der Waals surface area contributed by atoms with Gasteiger partial charge in [-0.15, -0.1) is 68.0 Å². The molecule has 15 rings (SSSR count).